The summed E-state index contributed by atoms with van der Waals surface area (Å²) in [5, 5.41) is 16.3. The summed E-state index contributed by atoms with van der Waals surface area (Å²) < 4.78 is 0. The van der Waals surface area contributed by atoms with Gasteiger partial charge < -0.3 is 38.3 Å². The minimum absolute atomic E-state index is 0.190. The molecule has 0 aliphatic heterocycles. The summed E-state index contributed by atoms with van der Waals surface area (Å²) in [6.07, 6.45) is -0.424. The third-order valence-corrected chi connectivity index (χ3v) is 5.14. The molecule has 0 aromatic rings. The van der Waals surface area contributed by atoms with E-state index in [2.05, 4.69) is 16.0 Å². The van der Waals surface area contributed by atoms with Crippen molar-refractivity contribution in [3.63, 3.8) is 0 Å². The van der Waals surface area contributed by atoms with Crippen molar-refractivity contribution in [2.45, 2.75) is 77.5 Å². The van der Waals surface area contributed by atoms with Gasteiger partial charge in [-0.1, -0.05) is 34.1 Å². The van der Waals surface area contributed by atoms with Crippen LogP contribution in [-0.2, 0) is 28.8 Å². The van der Waals surface area contributed by atoms with Crippen molar-refractivity contribution < 1.29 is 33.9 Å². The summed E-state index contributed by atoms with van der Waals surface area (Å²) in [5.74, 6) is -6.01. The maximum absolute atomic E-state index is 12.8. The largest absolute Gasteiger partial charge is 0.480 e. The molecule has 0 bridgehead atoms. The Morgan fingerprint density at radius 2 is 1.36 bits per heavy atom. The smallest absolute Gasteiger partial charge is 0.326 e. The Hall–Kier alpha value is -3.22. The molecule has 0 aromatic carbocycles. The van der Waals surface area contributed by atoms with Crippen LogP contribution in [-0.4, -0.2) is 64.8 Å². The Morgan fingerprint density at radius 3 is 1.79 bits per heavy atom. The van der Waals surface area contributed by atoms with Crippen LogP contribution >= 0.6 is 0 Å². The maximum Gasteiger partial charge on any atom is 0.326 e. The molecule has 0 aliphatic carbocycles. The molecular weight excluding hydrogens is 436 g/mol. The van der Waals surface area contributed by atoms with Gasteiger partial charge in [0.1, 0.15) is 18.1 Å². The molecule has 0 aromatic heterocycles. The average Bonchev–Trinajstić information content (AvgIpc) is 2.71. The molecule has 0 radical (unpaired) electrons. The number of carbonyl (C=O) groups is 6. The van der Waals surface area contributed by atoms with Crippen LogP contribution in [0.25, 0.3) is 0 Å². The molecule has 13 heteroatoms. The van der Waals surface area contributed by atoms with Crippen molar-refractivity contribution in [3.05, 3.63) is 0 Å². The van der Waals surface area contributed by atoms with Crippen molar-refractivity contribution in [2.24, 2.45) is 29.0 Å². The van der Waals surface area contributed by atoms with Crippen molar-refractivity contribution in [2.75, 3.05) is 0 Å². The number of carbonyl (C=O) groups excluding carboxylic acids is 5. The van der Waals surface area contributed by atoms with Crippen molar-refractivity contribution >= 4 is 35.5 Å². The number of carboxylic acids is 1. The third-order valence-electron chi connectivity index (χ3n) is 5.14. The molecule has 0 saturated heterocycles. The number of hydrogen-bond acceptors (Lipinski definition) is 7. The number of amides is 5. The van der Waals surface area contributed by atoms with Gasteiger partial charge in [0.2, 0.25) is 29.5 Å². The molecular formula is C20H36N6O7. The molecule has 0 spiro atoms. The van der Waals surface area contributed by atoms with E-state index in [0.29, 0.717) is 6.42 Å². The lowest BCUT2D eigenvalue weighted by molar-refractivity contribution is -0.143. The highest BCUT2D eigenvalue weighted by molar-refractivity contribution is 5.96. The first kappa shape index (κ1) is 29.8. The molecule has 5 atom stereocenters. The number of carboxylic acid groups (broad SMARTS) is 1. The second-order valence-electron chi connectivity index (χ2n) is 8.28. The minimum Gasteiger partial charge on any atom is -0.480 e. The molecule has 10 N–H and O–H groups in total. The van der Waals surface area contributed by atoms with Crippen LogP contribution in [0.3, 0.4) is 0 Å². The zero-order valence-corrected chi connectivity index (χ0v) is 19.4. The van der Waals surface area contributed by atoms with Crippen LogP contribution in [0.1, 0.15) is 53.4 Å². The molecule has 33 heavy (non-hydrogen) atoms. The van der Waals surface area contributed by atoms with Crippen LogP contribution < -0.4 is 33.2 Å². The molecule has 188 valence electrons. The standard InChI is InChI=1S/C20H36N6O7/c1-5-10(4)15(23)18(30)25-12(8-14(22)28)17(29)26-16(9(2)3)19(31)24-11(20(32)33)6-7-13(21)27/h9-12,15-16H,5-8,23H2,1-4H3,(H2,21,27)(H2,22,28)(H,24,31)(H,25,30)(H,26,29)(H,32,33). The van der Waals surface area contributed by atoms with E-state index in [1.807, 2.05) is 6.92 Å². The number of nitrogens with one attached hydrogen (secondary N) is 3. The van der Waals surface area contributed by atoms with Crippen molar-refractivity contribution in [3.8, 4) is 0 Å². The first-order valence-corrected chi connectivity index (χ1v) is 10.7. The molecule has 0 aliphatic rings. The Balaban J connectivity index is 5.48. The van der Waals surface area contributed by atoms with Crippen molar-refractivity contribution in [1.29, 1.82) is 0 Å². The van der Waals surface area contributed by atoms with Crippen molar-refractivity contribution in [1.82, 2.24) is 16.0 Å². The second kappa shape index (κ2) is 14.0. The highest BCUT2D eigenvalue weighted by atomic mass is 16.4. The molecule has 0 fully saturated rings. The van der Waals surface area contributed by atoms with E-state index >= 15 is 0 Å². The lowest BCUT2D eigenvalue weighted by atomic mass is 9.98. The number of nitrogens with two attached hydrogens (primary N) is 3. The van der Waals surface area contributed by atoms with Crippen LogP contribution in [0.2, 0.25) is 0 Å². The highest BCUT2D eigenvalue weighted by Gasteiger charge is 2.33. The quantitative estimate of drug-likeness (QED) is 0.136. The van der Waals surface area contributed by atoms with Gasteiger partial charge in [-0.3, -0.25) is 24.0 Å². The van der Waals surface area contributed by atoms with E-state index in [0.717, 1.165) is 0 Å². The fraction of sp³-hybridized carbons (Fsp3) is 0.700. The molecule has 13 nitrogen and oxygen atoms in total. The zero-order valence-electron chi connectivity index (χ0n) is 19.4. The Labute approximate surface area is 192 Å². The Morgan fingerprint density at radius 1 is 0.818 bits per heavy atom. The van der Waals surface area contributed by atoms with Crippen LogP contribution in [0, 0.1) is 11.8 Å². The predicted octanol–water partition coefficient (Wildman–Crippen LogP) is -2.30. The fourth-order valence-corrected chi connectivity index (χ4v) is 2.79. The van der Waals surface area contributed by atoms with Crippen LogP contribution in [0.5, 0.6) is 0 Å². The van der Waals surface area contributed by atoms with E-state index in [1.165, 1.54) is 0 Å². The second-order valence-corrected chi connectivity index (χ2v) is 8.28. The summed E-state index contributed by atoms with van der Waals surface area (Å²) in [4.78, 5) is 71.6. The van der Waals surface area contributed by atoms with Gasteiger partial charge in [-0.15, -0.1) is 0 Å². The number of rotatable bonds is 15. The summed E-state index contributed by atoms with van der Waals surface area (Å²) in [7, 11) is 0. The van der Waals surface area contributed by atoms with Gasteiger partial charge in [0.25, 0.3) is 0 Å². The monoisotopic (exact) mass is 472 g/mol. The fourth-order valence-electron chi connectivity index (χ4n) is 2.79. The maximum atomic E-state index is 12.8. The van der Waals surface area contributed by atoms with E-state index in [1.54, 1.807) is 20.8 Å². The van der Waals surface area contributed by atoms with Gasteiger partial charge in [-0.05, 0) is 18.3 Å². The van der Waals surface area contributed by atoms with E-state index in [4.69, 9.17) is 17.2 Å². The summed E-state index contributed by atoms with van der Waals surface area (Å²) in [6, 6.07) is -4.92. The lowest BCUT2D eigenvalue weighted by Gasteiger charge is -2.27. The van der Waals surface area contributed by atoms with Gasteiger partial charge in [0, 0.05) is 6.42 Å². The molecule has 5 unspecified atom stereocenters. The number of hydrogen-bond donors (Lipinski definition) is 7. The van der Waals surface area contributed by atoms with Crippen LogP contribution in [0.15, 0.2) is 0 Å². The lowest BCUT2D eigenvalue weighted by Crippen LogP contribution is -2.59. The summed E-state index contributed by atoms with van der Waals surface area (Å²) >= 11 is 0. The van der Waals surface area contributed by atoms with Gasteiger partial charge >= 0.3 is 5.97 Å². The van der Waals surface area contributed by atoms with Crippen LogP contribution in [0.4, 0.5) is 0 Å². The number of primary amides is 2. The summed E-state index contributed by atoms with van der Waals surface area (Å²) in [6.45, 7) is 6.79. The molecule has 0 heterocycles. The zero-order chi connectivity index (χ0) is 25.9. The van der Waals surface area contributed by atoms with E-state index in [-0.39, 0.29) is 18.8 Å². The molecule has 0 rings (SSSR count). The minimum atomic E-state index is -1.40. The third kappa shape index (κ3) is 10.8. The highest BCUT2D eigenvalue weighted by Crippen LogP contribution is 2.08. The first-order valence-electron chi connectivity index (χ1n) is 10.7. The van der Waals surface area contributed by atoms with Gasteiger partial charge in [-0.25, -0.2) is 4.79 Å². The van der Waals surface area contributed by atoms with E-state index in [9.17, 15) is 33.9 Å². The van der Waals surface area contributed by atoms with E-state index < -0.39 is 72.0 Å². The Bertz CT molecular complexity index is 742. The van der Waals surface area contributed by atoms with Gasteiger partial charge in [-0.2, -0.15) is 0 Å². The Kier molecular flexibility index (Phi) is 12.7. The number of aliphatic carboxylic acids is 1. The predicted molar refractivity (Wildman–Crippen MR) is 118 cm³/mol. The summed E-state index contributed by atoms with van der Waals surface area (Å²) in [5.41, 5.74) is 16.1. The topological polar surface area (TPSA) is 237 Å². The van der Waals surface area contributed by atoms with Gasteiger partial charge in [0.15, 0.2) is 0 Å². The molecule has 5 amide bonds. The SMILES string of the molecule is CCC(C)C(N)C(=O)NC(CC(N)=O)C(=O)NC(C(=O)NC(CCC(N)=O)C(=O)O)C(C)C. The first-order chi connectivity index (χ1) is 15.2. The average molecular weight is 473 g/mol. The molecule has 0 saturated carbocycles. The van der Waals surface area contributed by atoms with Gasteiger partial charge in [0.05, 0.1) is 12.5 Å². The normalized spacial score (nSPS) is 15.5.